The maximum Gasteiger partial charge on any atom is 0.413 e. The largest absolute Gasteiger partial charge is 0.444 e. The molecular formula is C40H52N12O8. The number of nitrogens with one attached hydrogen (secondary N) is 5. The first kappa shape index (κ1) is 44.6. The molecule has 1 aliphatic carbocycles. The predicted octanol–water partition coefficient (Wildman–Crippen LogP) is 4.50. The van der Waals surface area contributed by atoms with E-state index in [-0.39, 0.29) is 51.6 Å². The lowest BCUT2D eigenvalue weighted by Gasteiger charge is -2.39. The van der Waals surface area contributed by atoms with E-state index >= 15 is 0 Å². The second-order valence-electron chi connectivity index (χ2n) is 15.1. The van der Waals surface area contributed by atoms with Crippen LogP contribution in [0.2, 0.25) is 0 Å². The van der Waals surface area contributed by atoms with E-state index in [9.17, 15) is 29.1 Å². The monoisotopic (exact) mass is 828 g/mol. The third kappa shape index (κ3) is 11.6. The summed E-state index contributed by atoms with van der Waals surface area (Å²) in [5.41, 5.74) is 13.9. The van der Waals surface area contributed by atoms with E-state index in [4.69, 9.17) is 25.7 Å². The Bertz CT molecular complexity index is 2230. The highest BCUT2D eigenvalue weighted by Crippen LogP contribution is 2.41. The normalized spacial score (nSPS) is 13.7. The molecule has 1 aliphatic rings. The number of pyridine rings is 1. The molecule has 20 nitrogen and oxygen atoms in total. The number of ether oxygens (including phenoxy) is 2. The molecule has 1 fully saturated rings. The van der Waals surface area contributed by atoms with Crippen molar-refractivity contribution in [2.75, 3.05) is 36.9 Å². The summed E-state index contributed by atoms with van der Waals surface area (Å²) in [6, 6.07) is 12.2. The molecule has 6 amide bonds. The molecule has 60 heavy (non-hydrogen) atoms. The van der Waals surface area contributed by atoms with Gasteiger partial charge < -0.3 is 46.1 Å². The van der Waals surface area contributed by atoms with Gasteiger partial charge in [-0.2, -0.15) is 0 Å². The number of para-hydroxylation sites is 1. The van der Waals surface area contributed by atoms with Crippen molar-refractivity contribution >= 4 is 63.3 Å². The van der Waals surface area contributed by atoms with Gasteiger partial charge in [0.15, 0.2) is 5.82 Å². The van der Waals surface area contributed by atoms with Gasteiger partial charge >= 0.3 is 12.1 Å². The van der Waals surface area contributed by atoms with E-state index in [1.807, 2.05) is 35.8 Å². The molecule has 0 saturated heterocycles. The number of carbonyl (C=O) groups is 5. The van der Waals surface area contributed by atoms with Crippen LogP contribution in [0.25, 0.3) is 32.4 Å². The number of amides is 6. The van der Waals surface area contributed by atoms with Crippen molar-refractivity contribution in [1.82, 2.24) is 30.5 Å². The lowest BCUT2D eigenvalue weighted by atomic mass is 9.67. The van der Waals surface area contributed by atoms with Crippen LogP contribution in [0.1, 0.15) is 70.7 Å². The highest BCUT2D eigenvalue weighted by Gasteiger charge is 2.51. The zero-order chi connectivity index (χ0) is 43.3. The number of aliphatic hydroxyl groups is 1. The number of fused-ring (bicyclic) bond motifs is 3. The van der Waals surface area contributed by atoms with Crippen LogP contribution >= 0.6 is 0 Å². The second kappa shape index (κ2) is 20.5. The van der Waals surface area contributed by atoms with Crippen LogP contribution in [0, 0.1) is 5.41 Å². The Labute approximate surface area is 346 Å². The van der Waals surface area contributed by atoms with E-state index in [0.717, 1.165) is 5.39 Å². The molecule has 2 heterocycles. The topological polar surface area (TPSA) is 290 Å². The van der Waals surface area contributed by atoms with Crippen molar-refractivity contribution in [3.8, 4) is 0 Å². The zero-order valence-electron chi connectivity index (χ0n) is 34.0. The van der Waals surface area contributed by atoms with Crippen molar-refractivity contribution in [3.63, 3.8) is 0 Å². The molecule has 4 aromatic rings. The van der Waals surface area contributed by atoms with Gasteiger partial charge in [-0.15, -0.1) is 0 Å². The van der Waals surface area contributed by atoms with Crippen LogP contribution < -0.4 is 32.3 Å². The standard InChI is InChI=1S/C40H52N12O8/c1-4-59-23-30-49-31-32(52(30)24-39(2,3)58)27-10-5-6-11-28(27)47-33(31)50-38(57)60-22-25-13-15-26(16-14-25)46-34(53)29(12-7-19-44-37(41)56)48-36(55)40(17-8-18-40)35(54)43-20-9-21-45-51-42/h5-6,10-11,13-16,29,58H,4,7-9,12,17-24H2,1-3H3,(H,43,54)(H,46,53)(H,48,55)(H3,41,44,56)(H,47,50,57)/t29-/m0/s1. The maximum atomic E-state index is 13.6. The number of carbonyl (C=O) groups excluding carboxylic acids is 5. The van der Waals surface area contributed by atoms with Crippen LogP contribution in [0.3, 0.4) is 0 Å². The first-order valence-corrected chi connectivity index (χ1v) is 19.8. The molecule has 5 rings (SSSR count). The summed E-state index contributed by atoms with van der Waals surface area (Å²) in [6.45, 7) is 6.58. The summed E-state index contributed by atoms with van der Waals surface area (Å²) in [5, 5.41) is 28.5. The van der Waals surface area contributed by atoms with Gasteiger partial charge in [-0.05, 0) is 82.2 Å². The highest BCUT2D eigenvalue weighted by atomic mass is 16.5. The number of imidazole rings is 1. The molecule has 0 bridgehead atoms. The Kier molecular flexibility index (Phi) is 15.2. The number of nitrogens with zero attached hydrogens (tertiary/aromatic N) is 6. The number of anilines is 2. The van der Waals surface area contributed by atoms with E-state index in [1.165, 1.54) is 0 Å². The third-order valence-electron chi connectivity index (χ3n) is 9.91. The number of urea groups is 1. The van der Waals surface area contributed by atoms with Crippen molar-refractivity contribution in [2.45, 2.75) is 90.7 Å². The van der Waals surface area contributed by atoms with Gasteiger partial charge in [-0.1, -0.05) is 41.9 Å². The highest BCUT2D eigenvalue weighted by molar-refractivity contribution is 6.09. The molecule has 1 saturated carbocycles. The summed E-state index contributed by atoms with van der Waals surface area (Å²) in [5.74, 6) is -0.843. The average molecular weight is 829 g/mol. The minimum atomic E-state index is -1.34. The SMILES string of the molecule is CCOCc1nc2c(NC(=O)OCc3ccc(NC(=O)[C@H](CCCNC(N)=O)NC(=O)C4(C(=O)NCCCN=[N+]=[N-])CCC4)cc3)nc3ccccc3c2n1CC(C)(C)O. The van der Waals surface area contributed by atoms with E-state index < -0.39 is 46.9 Å². The molecule has 0 radical (unpaired) electrons. The van der Waals surface area contributed by atoms with Crippen molar-refractivity contribution in [3.05, 3.63) is 70.4 Å². The molecule has 1 atom stereocenters. The third-order valence-corrected chi connectivity index (χ3v) is 9.91. The molecule has 0 aliphatic heterocycles. The average Bonchev–Trinajstić information content (AvgIpc) is 3.54. The van der Waals surface area contributed by atoms with Crippen LogP contribution in [0.5, 0.6) is 0 Å². The smallest absolute Gasteiger partial charge is 0.413 e. The number of hydrogen-bond acceptors (Lipinski definition) is 11. The first-order chi connectivity index (χ1) is 28.7. The van der Waals surface area contributed by atoms with Gasteiger partial charge in [0.1, 0.15) is 36.0 Å². The fraction of sp³-hybridized carbons (Fsp3) is 0.475. The zero-order valence-corrected chi connectivity index (χ0v) is 34.0. The summed E-state index contributed by atoms with van der Waals surface area (Å²) >= 11 is 0. The predicted molar refractivity (Wildman–Crippen MR) is 222 cm³/mol. The van der Waals surface area contributed by atoms with Gasteiger partial charge in [0.25, 0.3) is 0 Å². The Balaban J connectivity index is 1.24. The van der Waals surface area contributed by atoms with Crippen molar-refractivity contribution in [2.24, 2.45) is 16.3 Å². The summed E-state index contributed by atoms with van der Waals surface area (Å²) in [7, 11) is 0. The minimum absolute atomic E-state index is 0.124. The Hall–Kier alpha value is -6.50. The Morgan fingerprint density at radius 2 is 1.73 bits per heavy atom. The Morgan fingerprint density at radius 3 is 2.40 bits per heavy atom. The van der Waals surface area contributed by atoms with Crippen LogP contribution in [0.4, 0.5) is 21.1 Å². The lowest BCUT2D eigenvalue weighted by molar-refractivity contribution is -0.150. The fourth-order valence-corrected chi connectivity index (χ4v) is 6.76. The van der Waals surface area contributed by atoms with E-state index in [0.29, 0.717) is 72.3 Å². The number of nitrogens with two attached hydrogens (primary N) is 1. The second-order valence-corrected chi connectivity index (χ2v) is 15.1. The van der Waals surface area contributed by atoms with Crippen molar-refractivity contribution in [1.29, 1.82) is 0 Å². The summed E-state index contributed by atoms with van der Waals surface area (Å²) in [4.78, 5) is 76.7. The maximum absolute atomic E-state index is 13.6. The van der Waals surface area contributed by atoms with E-state index in [2.05, 4.69) is 41.6 Å². The first-order valence-electron chi connectivity index (χ1n) is 19.8. The van der Waals surface area contributed by atoms with Crippen LogP contribution in [-0.4, -0.2) is 87.4 Å². The van der Waals surface area contributed by atoms with Crippen LogP contribution in [0.15, 0.2) is 53.6 Å². The van der Waals surface area contributed by atoms with Gasteiger partial charge in [-0.3, -0.25) is 19.7 Å². The van der Waals surface area contributed by atoms with E-state index in [1.54, 1.807) is 38.1 Å². The summed E-state index contributed by atoms with van der Waals surface area (Å²) < 4.78 is 13.1. The number of azide groups is 1. The number of rotatable bonds is 21. The fourth-order valence-electron chi connectivity index (χ4n) is 6.76. The molecule has 0 spiro atoms. The summed E-state index contributed by atoms with van der Waals surface area (Å²) in [6.07, 6.45) is 1.34. The molecule has 20 heteroatoms. The van der Waals surface area contributed by atoms with Gasteiger partial charge in [0.2, 0.25) is 17.7 Å². The van der Waals surface area contributed by atoms with Gasteiger partial charge in [-0.25, -0.2) is 19.6 Å². The van der Waals surface area contributed by atoms with Gasteiger partial charge in [0, 0.05) is 42.2 Å². The molecule has 8 N–H and O–H groups in total. The Morgan fingerprint density at radius 1 is 1.00 bits per heavy atom. The number of hydrogen-bond donors (Lipinski definition) is 7. The van der Waals surface area contributed by atoms with Crippen molar-refractivity contribution < 1.29 is 38.6 Å². The van der Waals surface area contributed by atoms with Gasteiger partial charge in [0.05, 0.1) is 23.2 Å². The molecule has 2 aromatic carbocycles. The molecule has 2 aromatic heterocycles. The molecular weight excluding hydrogens is 777 g/mol. The quantitative estimate of drug-likeness (QED) is 0.0203. The number of benzene rings is 2. The minimum Gasteiger partial charge on any atom is -0.444 e. The number of primary amides is 1. The molecule has 0 unspecified atom stereocenters. The molecule has 320 valence electrons. The lowest BCUT2D eigenvalue weighted by Crippen LogP contribution is -2.58. The van der Waals surface area contributed by atoms with Crippen LogP contribution in [-0.2, 0) is 43.6 Å². The number of aromatic nitrogens is 3.